The summed E-state index contributed by atoms with van der Waals surface area (Å²) in [6.45, 7) is 1.87. The summed E-state index contributed by atoms with van der Waals surface area (Å²) in [6, 6.07) is 25.6. The summed E-state index contributed by atoms with van der Waals surface area (Å²) >= 11 is 6.02. The highest BCUT2D eigenvalue weighted by Gasteiger charge is 2.14. The van der Waals surface area contributed by atoms with Crippen LogP contribution in [-0.2, 0) is 10.0 Å². The second kappa shape index (κ2) is 11.7. The number of anilines is 1. The number of nitrogens with one attached hydrogen (secondary N) is 2. The fraction of sp³-hybridized carbons (Fsp3) is 0.0357. The van der Waals surface area contributed by atoms with Crippen LogP contribution >= 0.6 is 11.6 Å². The number of benzene rings is 4. The molecule has 0 unspecified atom stereocenters. The molecule has 8 nitrogen and oxygen atoms in total. The number of ether oxygens (including phenoxy) is 1. The maximum atomic E-state index is 12.5. The minimum atomic E-state index is -3.74. The first-order valence-corrected chi connectivity index (χ1v) is 13.2. The third-order valence-corrected chi connectivity index (χ3v) is 7.02. The van der Waals surface area contributed by atoms with Crippen molar-refractivity contribution in [2.45, 2.75) is 11.8 Å². The van der Waals surface area contributed by atoms with Gasteiger partial charge in [0.2, 0.25) is 0 Å². The number of halogens is 1. The highest BCUT2D eigenvalue weighted by Crippen LogP contribution is 2.19. The number of rotatable bonds is 8. The predicted molar refractivity (Wildman–Crippen MR) is 146 cm³/mol. The number of carbonyl (C=O) groups excluding carboxylic acids is 2. The fourth-order valence-corrected chi connectivity index (χ4v) is 4.53. The van der Waals surface area contributed by atoms with Crippen molar-refractivity contribution in [2.24, 2.45) is 5.10 Å². The summed E-state index contributed by atoms with van der Waals surface area (Å²) in [7, 11) is -3.74. The highest BCUT2D eigenvalue weighted by molar-refractivity contribution is 7.92. The van der Waals surface area contributed by atoms with Crippen molar-refractivity contribution in [1.29, 1.82) is 0 Å². The lowest BCUT2D eigenvalue weighted by molar-refractivity contribution is 0.0734. The molecule has 4 aromatic rings. The Labute approximate surface area is 225 Å². The van der Waals surface area contributed by atoms with Gasteiger partial charge >= 0.3 is 5.97 Å². The standard InChI is InChI=1S/C28H22ClN3O5S/c1-19-6-16-24(17-7-19)38(35,36)32-22-12-10-21(11-13-22)27(33)31-30-18-20-8-14-23(15-9-20)37-28(34)25-4-2-3-5-26(25)29/h2-18,32H,1H3,(H,31,33)/b30-18+. The van der Waals surface area contributed by atoms with Crippen molar-refractivity contribution in [3.8, 4) is 5.75 Å². The number of sulfonamides is 1. The van der Waals surface area contributed by atoms with E-state index in [2.05, 4.69) is 15.2 Å². The van der Waals surface area contributed by atoms with Gasteiger partial charge in [-0.2, -0.15) is 5.10 Å². The summed E-state index contributed by atoms with van der Waals surface area (Å²) in [5, 5.41) is 4.24. The Morgan fingerprint density at radius 1 is 0.868 bits per heavy atom. The second-order valence-electron chi connectivity index (χ2n) is 8.13. The summed E-state index contributed by atoms with van der Waals surface area (Å²) in [5.74, 6) is -0.716. The van der Waals surface area contributed by atoms with Crippen molar-refractivity contribution in [1.82, 2.24) is 5.43 Å². The molecule has 0 bridgehead atoms. The van der Waals surface area contributed by atoms with Crippen LogP contribution < -0.4 is 14.9 Å². The third kappa shape index (κ3) is 6.84. The number of esters is 1. The molecule has 0 radical (unpaired) electrons. The molecule has 0 saturated carbocycles. The van der Waals surface area contributed by atoms with E-state index in [1.807, 2.05) is 6.92 Å². The molecule has 4 aromatic carbocycles. The number of hydrogen-bond donors (Lipinski definition) is 2. The van der Waals surface area contributed by atoms with Crippen molar-refractivity contribution in [3.63, 3.8) is 0 Å². The number of nitrogens with zero attached hydrogens (tertiary/aromatic N) is 1. The van der Waals surface area contributed by atoms with E-state index in [1.54, 1.807) is 60.7 Å². The maximum absolute atomic E-state index is 12.5. The van der Waals surface area contributed by atoms with Crippen LogP contribution in [0.4, 0.5) is 5.69 Å². The minimum absolute atomic E-state index is 0.144. The number of hydrazone groups is 1. The van der Waals surface area contributed by atoms with E-state index in [0.29, 0.717) is 27.6 Å². The Hall–Kier alpha value is -4.47. The molecule has 0 aromatic heterocycles. The summed E-state index contributed by atoms with van der Waals surface area (Å²) in [6.07, 6.45) is 1.43. The first-order valence-electron chi connectivity index (χ1n) is 11.3. The molecule has 0 aliphatic heterocycles. The summed E-state index contributed by atoms with van der Waals surface area (Å²) in [5.41, 5.74) is 4.90. The van der Waals surface area contributed by atoms with Gasteiger partial charge in [-0.1, -0.05) is 41.4 Å². The first-order chi connectivity index (χ1) is 18.2. The number of hydrogen-bond acceptors (Lipinski definition) is 6. The Kier molecular flexibility index (Phi) is 8.20. The van der Waals surface area contributed by atoms with Crippen LogP contribution in [0.25, 0.3) is 0 Å². The van der Waals surface area contributed by atoms with E-state index in [-0.39, 0.29) is 10.5 Å². The van der Waals surface area contributed by atoms with E-state index in [9.17, 15) is 18.0 Å². The lowest BCUT2D eigenvalue weighted by Gasteiger charge is -2.09. The van der Waals surface area contributed by atoms with Gasteiger partial charge in [0.1, 0.15) is 5.75 Å². The van der Waals surface area contributed by atoms with Crippen LogP contribution in [0.3, 0.4) is 0 Å². The van der Waals surface area contributed by atoms with Crippen molar-refractivity contribution < 1.29 is 22.7 Å². The molecule has 38 heavy (non-hydrogen) atoms. The van der Waals surface area contributed by atoms with Crippen LogP contribution in [0.15, 0.2) is 107 Å². The quantitative estimate of drug-likeness (QED) is 0.132. The Bertz CT molecular complexity index is 1590. The van der Waals surface area contributed by atoms with E-state index in [1.165, 1.54) is 42.6 Å². The molecule has 1 amide bonds. The average molecular weight is 548 g/mol. The van der Waals surface area contributed by atoms with Gasteiger partial charge in [-0.05, 0) is 85.3 Å². The van der Waals surface area contributed by atoms with Crippen LogP contribution in [0.2, 0.25) is 5.02 Å². The summed E-state index contributed by atoms with van der Waals surface area (Å²) in [4.78, 5) is 24.8. The molecule has 0 atom stereocenters. The first kappa shape index (κ1) is 26.6. The van der Waals surface area contributed by atoms with Crippen molar-refractivity contribution >= 4 is 45.4 Å². The monoisotopic (exact) mass is 547 g/mol. The highest BCUT2D eigenvalue weighted by atomic mass is 35.5. The van der Waals surface area contributed by atoms with Gasteiger partial charge in [-0.15, -0.1) is 0 Å². The molecule has 0 saturated heterocycles. The van der Waals surface area contributed by atoms with Crippen molar-refractivity contribution in [3.05, 3.63) is 124 Å². The Balaban J connectivity index is 1.31. The Morgan fingerprint density at radius 3 is 2.18 bits per heavy atom. The third-order valence-electron chi connectivity index (χ3n) is 5.29. The lowest BCUT2D eigenvalue weighted by atomic mass is 10.2. The van der Waals surface area contributed by atoms with Gasteiger partial charge in [0.05, 0.1) is 21.7 Å². The van der Waals surface area contributed by atoms with Crippen molar-refractivity contribution in [2.75, 3.05) is 4.72 Å². The zero-order valence-electron chi connectivity index (χ0n) is 20.1. The van der Waals surface area contributed by atoms with Crippen LogP contribution in [-0.4, -0.2) is 26.5 Å². The molecule has 192 valence electrons. The molecule has 0 fully saturated rings. The van der Waals surface area contributed by atoms with Gasteiger partial charge in [-0.3, -0.25) is 9.52 Å². The van der Waals surface area contributed by atoms with E-state index in [4.69, 9.17) is 16.3 Å². The lowest BCUT2D eigenvalue weighted by Crippen LogP contribution is -2.18. The zero-order valence-corrected chi connectivity index (χ0v) is 21.7. The van der Waals surface area contributed by atoms with Crippen LogP contribution in [0.5, 0.6) is 5.75 Å². The van der Waals surface area contributed by atoms with E-state index < -0.39 is 21.9 Å². The molecule has 2 N–H and O–H groups in total. The largest absolute Gasteiger partial charge is 0.423 e. The van der Waals surface area contributed by atoms with E-state index in [0.717, 1.165) is 5.56 Å². The smallest absolute Gasteiger partial charge is 0.345 e. The number of amides is 1. The van der Waals surface area contributed by atoms with Gasteiger partial charge in [-0.25, -0.2) is 18.6 Å². The second-order valence-corrected chi connectivity index (χ2v) is 10.2. The fourth-order valence-electron chi connectivity index (χ4n) is 3.26. The molecule has 10 heteroatoms. The average Bonchev–Trinajstić information content (AvgIpc) is 2.90. The molecular formula is C28H22ClN3O5S. The summed E-state index contributed by atoms with van der Waals surface area (Å²) < 4.78 is 32.9. The van der Waals surface area contributed by atoms with Crippen LogP contribution in [0.1, 0.15) is 31.8 Å². The molecule has 0 heterocycles. The normalized spacial score (nSPS) is 11.2. The van der Waals surface area contributed by atoms with Gasteiger partial charge in [0.25, 0.3) is 15.9 Å². The van der Waals surface area contributed by atoms with E-state index >= 15 is 0 Å². The zero-order chi connectivity index (χ0) is 27.1. The maximum Gasteiger partial charge on any atom is 0.345 e. The SMILES string of the molecule is Cc1ccc(S(=O)(=O)Nc2ccc(C(=O)N/N=C/c3ccc(OC(=O)c4ccccc4Cl)cc3)cc2)cc1. The number of aryl methyl sites for hydroxylation is 1. The van der Waals surface area contributed by atoms with Crippen LogP contribution in [0, 0.1) is 6.92 Å². The molecule has 0 aliphatic rings. The van der Waals surface area contributed by atoms with Gasteiger partial charge < -0.3 is 4.74 Å². The Morgan fingerprint density at radius 2 is 1.53 bits per heavy atom. The predicted octanol–water partition coefficient (Wildman–Crippen LogP) is 5.43. The minimum Gasteiger partial charge on any atom is -0.423 e. The van der Waals surface area contributed by atoms with Gasteiger partial charge in [0, 0.05) is 11.3 Å². The topological polar surface area (TPSA) is 114 Å². The molecule has 0 spiro atoms. The van der Waals surface area contributed by atoms with Gasteiger partial charge in [0.15, 0.2) is 0 Å². The molecule has 4 rings (SSSR count). The molecular weight excluding hydrogens is 526 g/mol. The molecule has 0 aliphatic carbocycles. The number of carbonyl (C=O) groups is 2.